The van der Waals surface area contributed by atoms with Gasteiger partial charge in [-0.1, -0.05) is 5.16 Å². The minimum atomic E-state index is -0.304. The molecule has 3 aromatic rings. The highest BCUT2D eigenvalue weighted by molar-refractivity contribution is 5.91. The van der Waals surface area contributed by atoms with Gasteiger partial charge in [-0.25, -0.2) is 4.39 Å². The third kappa shape index (κ3) is 4.21. The lowest BCUT2D eigenvalue weighted by Gasteiger charge is -2.30. The summed E-state index contributed by atoms with van der Waals surface area (Å²) in [6.07, 6.45) is 3.72. The number of ether oxygens (including phenoxy) is 1. The van der Waals surface area contributed by atoms with E-state index in [0.717, 1.165) is 12.8 Å². The van der Waals surface area contributed by atoms with Gasteiger partial charge in [0.1, 0.15) is 11.6 Å². The van der Waals surface area contributed by atoms with E-state index in [-0.39, 0.29) is 17.6 Å². The Morgan fingerprint density at radius 3 is 2.93 bits per heavy atom. The maximum atomic E-state index is 12.9. The van der Waals surface area contributed by atoms with Gasteiger partial charge in [0, 0.05) is 19.5 Å². The number of halogens is 1. The highest BCUT2D eigenvalue weighted by Gasteiger charge is 2.29. The van der Waals surface area contributed by atoms with Gasteiger partial charge in [0.15, 0.2) is 11.6 Å². The van der Waals surface area contributed by atoms with Crippen LogP contribution in [0.2, 0.25) is 0 Å². The monoisotopic (exact) mass is 385 g/mol. The molecule has 1 fully saturated rings. The van der Waals surface area contributed by atoms with Crippen LogP contribution in [0, 0.1) is 5.82 Å². The first-order valence-electron chi connectivity index (χ1n) is 9.22. The number of amides is 1. The Kier molecular flexibility index (Phi) is 5.36. The van der Waals surface area contributed by atoms with Gasteiger partial charge in [-0.3, -0.25) is 4.79 Å². The topological polar surface area (TPSA) is 81.6 Å². The first-order valence-corrected chi connectivity index (χ1v) is 9.22. The van der Waals surface area contributed by atoms with Crippen molar-refractivity contribution < 1.29 is 22.9 Å². The summed E-state index contributed by atoms with van der Waals surface area (Å²) in [6.45, 7) is 1.56. The molecule has 1 aliphatic heterocycles. The molecule has 28 heavy (non-hydrogen) atoms. The minimum Gasteiger partial charge on any atom is -0.493 e. The van der Waals surface area contributed by atoms with E-state index in [2.05, 4.69) is 10.1 Å². The Hall–Kier alpha value is -3.16. The van der Waals surface area contributed by atoms with E-state index >= 15 is 0 Å². The van der Waals surface area contributed by atoms with Crippen LogP contribution in [0.25, 0.3) is 0 Å². The summed E-state index contributed by atoms with van der Waals surface area (Å²) in [7, 11) is 0. The van der Waals surface area contributed by atoms with E-state index in [1.807, 2.05) is 0 Å². The summed E-state index contributed by atoms with van der Waals surface area (Å²) in [6, 6.07) is 9.21. The summed E-state index contributed by atoms with van der Waals surface area (Å²) in [5.74, 6) is 1.59. The van der Waals surface area contributed by atoms with E-state index < -0.39 is 0 Å². The molecule has 0 radical (unpaired) electrons. The normalized spacial score (nSPS) is 16.9. The fourth-order valence-electron chi connectivity index (χ4n) is 3.25. The Morgan fingerprint density at radius 2 is 2.14 bits per heavy atom. The Balaban J connectivity index is 1.32. The fraction of sp³-hybridized carbons (Fsp3) is 0.350. The van der Waals surface area contributed by atoms with Crippen molar-refractivity contribution in [3.63, 3.8) is 0 Å². The average Bonchev–Trinajstić information content (AvgIpc) is 3.41. The highest BCUT2D eigenvalue weighted by atomic mass is 19.1. The largest absolute Gasteiger partial charge is 0.493 e. The highest BCUT2D eigenvalue weighted by Crippen LogP contribution is 2.27. The zero-order valence-corrected chi connectivity index (χ0v) is 15.2. The van der Waals surface area contributed by atoms with Gasteiger partial charge >= 0.3 is 0 Å². The number of benzene rings is 1. The zero-order chi connectivity index (χ0) is 19.3. The molecule has 1 aliphatic rings. The van der Waals surface area contributed by atoms with Crippen molar-refractivity contribution in [1.29, 1.82) is 0 Å². The second-order valence-corrected chi connectivity index (χ2v) is 6.67. The molecule has 1 saturated heterocycles. The molecule has 8 heteroatoms. The smallest absolute Gasteiger partial charge is 0.289 e. The Labute approximate surface area is 161 Å². The summed E-state index contributed by atoms with van der Waals surface area (Å²) in [4.78, 5) is 18.7. The van der Waals surface area contributed by atoms with Gasteiger partial charge < -0.3 is 18.6 Å². The van der Waals surface area contributed by atoms with Gasteiger partial charge in [0.2, 0.25) is 5.89 Å². The summed E-state index contributed by atoms with van der Waals surface area (Å²) in [5.41, 5.74) is 0. The summed E-state index contributed by atoms with van der Waals surface area (Å²) >= 11 is 0. The lowest BCUT2D eigenvalue weighted by Crippen LogP contribution is -2.39. The number of carbonyl (C=O) groups excluding carboxylic acids is 1. The second-order valence-electron chi connectivity index (χ2n) is 6.67. The van der Waals surface area contributed by atoms with Crippen LogP contribution in [0.4, 0.5) is 4.39 Å². The molecule has 0 bridgehead atoms. The van der Waals surface area contributed by atoms with Crippen LogP contribution in [0.15, 0.2) is 51.6 Å². The van der Waals surface area contributed by atoms with Crippen LogP contribution in [0.3, 0.4) is 0 Å². The molecule has 4 rings (SSSR count). The zero-order valence-electron chi connectivity index (χ0n) is 15.2. The maximum Gasteiger partial charge on any atom is 0.289 e. The number of rotatable bonds is 6. The Bertz CT molecular complexity index is 908. The van der Waals surface area contributed by atoms with Gasteiger partial charge in [-0.2, -0.15) is 4.98 Å². The number of hydrogen-bond donors (Lipinski definition) is 0. The molecular weight excluding hydrogens is 365 g/mol. The first-order chi connectivity index (χ1) is 13.7. The molecule has 3 heterocycles. The van der Waals surface area contributed by atoms with Crippen LogP contribution in [-0.4, -0.2) is 40.6 Å². The van der Waals surface area contributed by atoms with Gasteiger partial charge in [-0.05, 0) is 49.2 Å². The molecule has 1 unspecified atom stereocenters. The minimum absolute atomic E-state index is 0.00642. The van der Waals surface area contributed by atoms with E-state index in [4.69, 9.17) is 13.7 Å². The van der Waals surface area contributed by atoms with Crippen LogP contribution < -0.4 is 4.74 Å². The number of piperidine rings is 1. The number of nitrogens with zero attached hydrogens (tertiary/aromatic N) is 3. The maximum absolute atomic E-state index is 12.9. The predicted molar refractivity (Wildman–Crippen MR) is 96.5 cm³/mol. The molecule has 1 aromatic carbocycles. The number of aromatic nitrogens is 2. The molecule has 0 aliphatic carbocycles. The van der Waals surface area contributed by atoms with E-state index in [9.17, 15) is 9.18 Å². The van der Waals surface area contributed by atoms with Gasteiger partial charge in [-0.15, -0.1) is 0 Å². The van der Waals surface area contributed by atoms with Gasteiger partial charge in [0.25, 0.3) is 5.91 Å². The number of hydrogen-bond acceptors (Lipinski definition) is 6. The molecule has 2 aromatic heterocycles. The summed E-state index contributed by atoms with van der Waals surface area (Å²) < 4.78 is 29.1. The first kappa shape index (κ1) is 18.2. The van der Waals surface area contributed by atoms with Crippen molar-refractivity contribution in [2.24, 2.45) is 0 Å². The summed E-state index contributed by atoms with van der Waals surface area (Å²) in [5, 5.41) is 4.01. The molecular formula is C20H20FN3O4. The van der Waals surface area contributed by atoms with Crippen molar-refractivity contribution in [1.82, 2.24) is 15.0 Å². The van der Waals surface area contributed by atoms with Crippen molar-refractivity contribution >= 4 is 5.91 Å². The molecule has 7 nitrogen and oxygen atoms in total. The average molecular weight is 385 g/mol. The standard InChI is InChI=1S/C20H20FN3O4/c21-15-5-7-16(8-6-15)26-12-9-18-22-19(28-23-18)14-3-1-10-24(13-14)20(25)17-4-2-11-27-17/h2,4-8,11,14H,1,3,9-10,12-13H2. The van der Waals surface area contributed by atoms with Crippen LogP contribution in [0.5, 0.6) is 5.75 Å². The predicted octanol–water partition coefficient (Wildman–Crippen LogP) is 3.44. The number of furan rings is 1. The van der Waals surface area contributed by atoms with E-state index in [1.54, 1.807) is 29.2 Å². The molecule has 146 valence electrons. The van der Waals surface area contributed by atoms with Crippen molar-refractivity contribution in [2.45, 2.75) is 25.2 Å². The molecule has 0 spiro atoms. The quantitative estimate of drug-likeness (QED) is 0.647. The molecule has 0 N–H and O–H groups in total. The SMILES string of the molecule is O=C(c1ccco1)N1CCCC(c2nc(CCOc3ccc(F)cc3)no2)C1. The van der Waals surface area contributed by atoms with Crippen LogP contribution in [0.1, 0.15) is 41.0 Å². The van der Waals surface area contributed by atoms with Crippen molar-refractivity contribution in [3.8, 4) is 5.75 Å². The number of carbonyl (C=O) groups is 1. The lowest BCUT2D eigenvalue weighted by molar-refractivity contribution is 0.0663. The fourth-order valence-corrected chi connectivity index (χ4v) is 3.25. The third-order valence-electron chi connectivity index (χ3n) is 4.68. The van der Waals surface area contributed by atoms with Gasteiger partial charge in [0.05, 0.1) is 18.8 Å². The van der Waals surface area contributed by atoms with Crippen LogP contribution in [-0.2, 0) is 6.42 Å². The molecule has 1 amide bonds. The van der Waals surface area contributed by atoms with Crippen LogP contribution >= 0.6 is 0 Å². The van der Waals surface area contributed by atoms with Crippen molar-refractivity contribution in [3.05, 3.63) is 66.0 Å². The second kappa shape index (κ2) is 8.24. The van der Waals surface area contributed by atoms with E-state index in [1.165, 1.54) is 18.4 Å². The Morgan fingerprint density at radius 1 is 1.29 bits per heavy atom. The lowest BCUT2D eigenvalue weighted by atomic mass is 9.98. The number of likely N-dealkylation sites (tertiary alicyclic amines) is 1. The molecule has 0 saturated carbocycles. The van der Waals surface area contributed by atoms with E-state index in [0.29, 0.717) is 49.3 Å². The molecule has 1 atom stereocenters. The van der Waals surface area contributed by atoms with Crippen molar-refractivity contribution in [2.75, 3.05) is 19.7 Å². The third-order valence-corrected chi connectivity index (χ3v) is 4.68.